The molecule has 270 valence electrons. The van der Waals surface area contributed by atoms with E-state index in [2.05, 4.69) is 0 Å². The number of hydrogen-bond acceptors (Lipinski definition) is 6. The van der Waals surface area contributed by atoms with Crippen molar-refractivity contribution >= 4 is 52.7 Å². The number of carbonyl (C=O) groups is 6. The molecule has 0 aromatic heterocycles. The van der Waals surface area contributed by atoms with Crippen molar-refractivity contribution < 1.29 is 44.1 Å². The highest BCUT2D eigenvalue weighted by molar-refractivity contribution is 6.14. The van der Waals surface area contributed by atoms with Crippen molar-refractivity contribution in [3.63, 3.8) is 0 Å². The zero-order valence-corrected chi connectivity index (χ0v) is 29.3. The molecule has 0 saturated carbocycles. The van der Waals surface area contributed by atoms with Crippen molar-refractivity contribution in [1.29, 1.82) is 0 Å². The van der Waals surface area contributed by atoms with E-state index < -0.39 is 35.6 Å². The van der Waals surface area contributed by atoms with E-state index in [-0.39, 0.29) is 70.1 Å². The molecule has 0 aliphatic carbocycles. The third-order valence-electron chi connectivity index (χ3n) is 8.86. The lowest BCUT2D eigenvalue weighted by Crippen LogP contribution is -2.34. The van der Waals surface area contributed by atoms with Crippen LogP contribution in [0.1, 0.15) is 141 Å². The Labute approximate surface area is 297 Å². The molecule has 12 nitrogen and oxygen atoms in total. The predicted octanol–water partition coefficient (Wildman–Crippen LogP) is 7.61. The number of rotatable bonds is 15. The average Bonchev–Trinajstić information content (AvgIpc) is 3.12. The lowest BCUT2D eigenvalue weighted by atomic mass is 10.0. The fraction of sp³-hybridized carbons (Fsp3) is 0.385. The molecule has 4 rings (SSSR count). The molecule has 1 aliphatic heterocycles. The van der Waals surface area contributed by atoms with Crippen molar-refractivity contribution in [3.8, 4) is 0 Å². The number of aromatic carboxylic acids is 3. The summed E-state index contributed by atoms with van der Waals surface area (Å²) in [6, 6.07) is 11.8. The first-order valence-electron chi connectivity index (χ1n) is 17.5. The van der Waals surface area contributed by atoms with Crippen molar-refractivity contribution in [1.82, 2.24) is 0 Å². The normalized spacial score (nSPS) is 13.2. The second-order valence-corrected chi connectivity index (χ2v) is 12.7. The number of carboxylic acids is 3. The molecule has 51 heavy (non-hydrogen) atoms. The number of unbranched alkanes of at least 4 members (excludes halogenated alkanes) is 6. The molecule has 0 fully saturated rings. The maximum absolute atomic E-state index is 14.5. The molecule has 0 spiro atoms. The summed E-state index contributed by atoms with van der Waals surface area (Å²) in [7, 11) is 0. The van der Waals surface area contributed by atoms with Crippen LogP contribution in [0, 0.1) is 0 Å². The Bertz CT molecular complexity index is 1610. The highest BCUT2D eigenvalue weighted by Crippen LogP contribution is 2.31. The minimum Gasteiger partial charge on any atom is -0.478 e. The first-order valence-corrected chi connectivity index (χ1v) is 17.5. The maximum Gasteiger partial charge on any atom is 0.335 e. The Morgan fingerprint density at radius 1 is 0.431 bits per heavy atom. The van der Waals surface area contributed by atoms with Gasteiger partial charge in [0.1, 0.15) is 0 Å². The molecule has 1 aliphatic rings. The summed E-state index contributed by atoms with van der Waals surface area (Å²) in [5.74, 6) is -5.91. The van der Waals surface area contributed by atoms with Gasteiger partial charge in [0.05, 0.1) is 16.7 Å². The highest BCUT2D eigenvalue weighted by atomic mass is 16.4. The summed E-state index contributed by atoms with van der Waals surface area (Å²) in [4.78, 5) is 84.7. The van der Waals surface area contributed by atoms with Crippen LogP contribution in [0.4, 0.5) is 17.1 Å². The Balaban J connectivity index is 2.12. The summed E-state index contributed by atoms with van der Waals surface area (Å²) < 4.78 is 0. The number of anilines is 3. The fourth-order valence-electron chi connectivity index (χ4n) is 6.11. The fourth-order valence-corrected chi connectivity index (χ4v) is 6.11. The molecule has 6 bridgehead atoms. The van der Waals surface area contributed by atoms with Crippen molar-refractivity contribution in [2.24, 2.45) is 0 Å². The molecule has 3 aromatic carbocycles. The zero-order chi connectivity index (χ0) is 37.2. The Morgan fingerprint density at radius 2 is 0.686 bits per heavy atom. The smallest absolute Gasteiger partial charge is 0.335 e. The van der Waals surface area contributed by atoms with E-state index in [1.54, 1.807) is 0 Å². The molecule has 0 radical (unpaired) electrons. The van der Waals surface area contributed by atoms with Crippen LogP contribution in [0.25, 0.3) is 0 Å². The summed E-state index contributed by atoms with van der Waals surface area (Å²) in [6.07, 6.45) is 6.26. The molecule has 0 saturated heterocycles. The standard InChI is InChI=1S/C39H45N3O9/c1-4-7-10-13-40-31-19-26(17-28(22-31)37(46)47)35(44)42(15-12-9-6-3)33-21-27(18-30(24-33)39(50)51)36(45)41(14-11-8-5-2)32-20-25(34(40)43)16-29(23-32)38(48)49/h16-24H,4-15H2,1-3H3,(H,46,47)(H,48,49)(H,50,51). The second kappa shape index (κ2) is 17.4. The number of fused-ring (bicyclic) bond motifs is 6. The SMILES string of the molecule is CCCCCN1C(=O)c2cc(C(=O)O)cc(c2)N(CCCCC)C(=O)c2cc(C(=O)O)cc(c2)N(CCCCC)C(=O)c2cc(C(=O)O)cc1c2. The monoisotopic (exact) mass is 699 g/mol. The van der Waals surface area contributed by atoms with Gasteiger partial charge in [-0.2, -0.15) is 0 Å². The van der Waals surface area contributed by atoms with Gasteiger partial charge in [-0.1, -0.05) is 59.3 Å². The van der Waals surface area contributed by atoms with Crippen LogP contribution in [-0.4, -0.2) is 70.6 Å². The van der Waals surface area contributed by atoms with Gasteiger partial charge in [0.2, 0.25) is 0 Å². The van der Waals surface area contributed by atoms with E-state index in [4.69, 9.17) is 0 Å². The number of carboxylic acid groups (broad SMARTS) is 3. The van der Waals surface area contributed by atoms with Crippen LogP contribution in [0.15, 0.2) is 54.6 Å². The van der Waals surface area contributed by atoms with Crippen molar-refractivity contribution in [3.05, 3.63) is 88.0 Å². The zero-order valence-electron chi connectivity index (χ0n) is 29.3. The lowest BCUT2D eigenvalue weighted by molar-refractivity contribution is 0.0685. The largest absolute Gasteiger partial charge is 0.478 e. The van der Waals surface area contributed by atoms with Crippen molar-refractivity contribution in [2.45, 2.75) is 78.6 Å². The Morgan fingerprint density at radius 3 is 0.902 bits per heavy atom. The van der Waals surface area contributed by atoms with Crippen molar-refractivity contribution in [2.75, 3.05) is 34.3 Å². The van der Waals surface area contributed by atoms with Gasteiger partial charge in [-0.05, 0) is 73.9 Å². The summed E-state index contributed by atoms with van der Waals surface area (Å²) in [5, 5.41) is 30.4. The summed E-state index contributed by atoms with van der Waals surface area (Å²) in [6.45, 7) is 6.37. The van der Waals surface area contributed by atoms with Gasteiger partial charge in [0.25, 0.3) is 17.7 Å². The molecule has 0 unspecified atom stereocenters. The number of benzene rings is 3. The summed E-state index contributed by atoms with van der Waals surface area (Å²) in [5.41, 5.74) is -0.543. The van der Waals surface area contributed by atoms with Gasteiger partial charge in [-0.25, -0.2) is 14.4 Å². The van der Waals surface area contributed by atoms with E-state index in [1.165, 1.54) is 69.3 Å². The van der Waals surface area contributed by atoms with Gasteiger partial charge in [0.15, 0.2) is 0 Å². The van der Waals surface area contributed by atoms with Crippen LogP contribution in [0.5, 0.6) is 0 Å². The van der Waals surface area contributed by atoms with E-state index in [1.807, 2.05) is 20.8 Å². The summed E-state index contributed by atoms with van der Waals surface area (Å²) >= 11 is 0. The average molecular weight is 700 g/mol. The molecule has 12 heteroatoms. The number of hydrogen-bond donors (Lipinski definition) is 3. The van der Waals surface area contributed by atoms with Crippen LogP contribution in [0.3, 0.4) is 0 Å². The van der Waals surface area contributed by atoms with E-state index in [9.17, 15) is 44.1 Å². The van der Waals surface area contributed by atoms with Gasteiger partial charge < -0.3 is 30.0 Å². The van der Waals surface area contributed by atoms with E-state index in [0.717, 1.165) is 38.5 Å². The molecule has 1 heterocycles. The highest BCUT2D eigenvalue weighted by Gasteiger charge is 2.29. The van der Waals surface area contributed by atoms with Crippen LogP contribution in [-0.2, 0) is 0 Å². The van der Waals surface area contributed by atoms with Crippen LogP contribution >= 0.6 is 0 Å². The minimum absolute atomic E-state index is 0.0562. The molecular formula is C39H45N3O9. The maximum atomic E-state index is 14.5. The second-order valence-electron chi connectivity index (χ2n) is 12.7. The minimum atomic E-state index is -1.33. The quantitative estimate of drug-likeness (QED) is 0.135. The van der Waals surface area contributed by atoms with Gasteiger partial charge in [-0.15, -0.1) is 0 Å². The number of nitrogens with zero attached hydrogens (tertiary/aromatic N) is 3. The third kappa shape index (κ3) is 9.19. The topological polar surface area (TPSA) is 173 Å². The van der Waals surface area contributed by atoms with Crippen LogP contribution < -0.4 is 14.7 Å². The van der Waals surface area contributed by atoms with Gasteiger partial charge in [0, 0.05) is 53.4 Å². The number of carbonyl (C=O) groups excluding carboxylic acids is 3. The van der Waals surface area contributed by atoms with Gasteiger partial charge in [-0.3, -0.25) is 14.4 Å². The predicted molar refractivity (Wildman–Crippen MR) is 194 cm³/mol. The Hall–Kier alpha value is -5.52. The molecule has 3 N–H and O–H groups in total. The van der Waals surface area contributed by atoms with E-state index >= 15 is 0 Å². The van der Waals surface area contributed by atoms with E-state index in [0.29, 0.717) is 19.3 Å². The third-order valence-corrected chi connectivity index (χ3v) is 8.86. The number of amides is 3. The van der Waals surface area contributed by atoms with Gasteiger partial charge >= 0.3 is 17.9 Å². The molecule has 3 amide bonds. The first-order chi connectivity index (χ1) is 24.4. The molecule has 3 aromatic rings. The molecule has 0 atom stereocenters. The molecular weight excluding hydrogens is 654 g/mol. The lowest BCUT2D eigenvalue weighted by Gasteiger charge is -2.26. The van der Waals surface area contributed by atoms with Crippen LogP contribution in [0.2, 0.25) is 0 Å². The first kappa shape index (κ1) is 38.3. The Kier molecular flexibility index (Phi) is 13.1.